The first-order valence-electron chi connectivity index (χ1n) is 22.9. The Morgan fingerprint density at radius 1 is 0.697 bits per heavy atom. The van der Waals surface area contributed by atoms with Crippen molar-refractivity contribution in [2.75, 3.05) is 20.8 Å². The minimum atomic E-state index is -1.16. The number of carbonyl (C=O) groups excluding carboxylic acids is 4. The van der Waals surface area contributed by atoms with Crippen LogP contribution in [-0.4, -0.2) is 81.3 Å². The molecule has 0 fully saturated rings. The van der Waals surface area contributed by atoms with Crippen molar-refractivity contribution in [3.05, 3.63) is 114 Å². The van der Waals surface area contributed by atoms with Crippen LogP contribution in [0.5, 0.6) is 5.75 Å². The van der Waals surface area contributed by atoms with Gasteiger partial charge in [0.15, 0.2) is 11.6 Å². The highest BCUT2D eigenvalue weighted by Crippen LogP contribution is 2.30. The second-order valence-electron chi connectivity index (χ2n) is 17.9. The lowest BCUT2D eigenvalue weighted by Gasteiger charge is -2.26. The smallest absolute Gasteiger partial charge is 0.328 e. The quantitative estimate of drug-likeness (QED) is 0.0215. The molecule has 0 aliphatic rings. The molecule has 0 bridgehead atoms. The van der Waals surface area contributed by atoms with E-state index in [-0.39, 0.29) is 37.1 Å². The Morgan fingerprint density at radius 3 is 1.74 bits per heavy atom. The number of unbranched alkanes of at least 4 members (excludes halogenated alkanes) is 1. The van der Waals surface area contributed by atoms with Crippen molar-refractivity contribution in [2.45, 2.75) is 103 Å². The average Bonchev–Trinajstić information content (AvgIpc) is 4.04. The van der Waals surface area contributed by atoms with Crippen LogP contribution < -0.4 is 32.2 Å². The highest BCUT2D eigenvalue weighted by atomic mass is 16.5. The number of hydrogen-bond acceptors (Lipinski definition) is 10. The molecule has 6 aromatic rings. The fourth-order valence-electron chi connectivity index (χ4n) is 8.47. The van der Waals surface area contributed by atoms with E-state index >= 15 is 0 Å². The highest BCUT2D eigenvalue weighted by molar-refractivity contribution is 6.01. The van der Waals surface area contributed by atoms with Gasteiger partial charge in [0.1, 0.15) is 17.7 Å². The van der Waals surface area contributed by atoms with Gasteiger partial charge in [-0.25, -0.2) is 4.79 Å². The van der Waals surface area contributed by atoms with Crippen LogP contribution in [0.2, 0.25) is 0 Å². The van der Waals surface area contributed by atoms with E-state index < -0.39 is 47.9 Å². The number of amides is 3. The molecule has 9 N–H and O–H groups in total. The normalized spacial score (nSPS) is 13.9. The summed E-state index contributed by atoms with van der Waals surface area (Å²) in [5, 5.41) is 21.0. The molecule has 1 unspecified atom stereocenters. The van der Waals surface area contributed by atoms with Gasteiger partial charge in [-0.3, -0.25) is 14.4 Å². The number of H-pyrrole nitrogens is 2. The van der Waals surface area contributed by atoms with Gasteiger partial charge >= 0.3 is 5.97 Å². The zero-order chi connectivity index (χ0) is 47.3. The Labute approximate surface area is 386 Å². The maximum absolute atomic E-state index is 14.8. The summed E-state index contributed by atoms with van der Waals surface area (Å²) >= 11 is 0. The van der Waals surface area contributed by atoms with Crippen LogP contribution >= 0.6 is 0 Å². The van der Waals surface area contributed by atoms with Gasteiger partial charge in [0, 0.05) is 47.0 Å². The molecule has 3 amide bonds. The largest absolute Gasteiger partial charge is 0.497 e. The number of para-hydroxylation sites is 2. The molecule has 3 aromatic carbocycles. The van der Waals surface area contributed by atoms with E-state index in [9.17, 15) is 19.2 Å². The molecule has 5 atom stereocenters. The highest BCUT2D eigenvalue weighted by Gasteiger charge is 2.36. The summed E-state index contributed by atoms with van der Waals surface area (Å²) < 4.78 is 12.5. The third-order valence-electron chi connectivity index (χ3n) is 11.9. The average molecular weight is 903 g/mol. The van der Waals surface area contributed by atoms with E-state index in [2.05, 4.69) is 25.9 Å². The molecular formula is C50H66N10O6. The minimum Gasteiger partial charge on any atom is -0.497 e. The molecule has 0 radical (unpaired) electrons. The number of methoxy groups -OCH3 is 2. The zero-order valence-corrected chi connectivity index (χ0v) is 38.9. The molecule has 0 saturated heterocycles. The van der Waals surface area contributed by atoms with Gasteiger partial charge in [0.05, 0.1) is 38.9 Å². The lowest BCUT2D eigenvalue weighted by atomic mass is 9.93. The van der Waals surface area contributed by atoms with Gasteiger partial charge in [-0.15, -0.1) is 10.2 Å². The second-order valence-corrected chi connectivity index (χ2v) is 17.9. The summed E-state index contributed by atoms with van der Waals surface area (Å²) in [6.45, 7) is 8.51. The summed E-state index contributed by atoms with van der Waals surface area (Å²) in [4.78, 5) is 62.6. The number of nitrogens with zero attached hydrogens (tertiary/aromatic N) is 3. The number of esters is 1. The molecule has 66 heavy (non-hydrogen) atoms. The molecule has 16 heteroatoms. The van der Waals surface area contributed by atoms with E-state index in [1.807, 2.05) is 117 Å². The number of fused-ring (bicyclic) bond motifs is 2. The summed E-state index contributed by atoms with van der Waals surface area (Å²) in [6.07, 6.45) is 6.87. The van der Waals surface area contributed by atoms with E-state index in [0.717, 1.165) is 44.9 Å². The van der Waals surface area contributed by atoms with Crippen LogP contribution in [0.3, 0.4) is 0 Å². The molecule has 352 valence electrons. The van der Waals surface area contributed by atoms with Crippen LogP contribution in [0.1, 0.15) is 100 Å². The van der Waals surface area contributed by atoms with Gasteiger partial charge < -0.3 is 51.4 Å². The molecular weight excluding hydrogens is 837 g/mol. The SMILES string of the molecule is COC(=O)[C@H](CC(C)C)NC(=O)C(CC(C)C)C(=O)N[C@H](Cc1c[nH]c2ccccc12)c1nnc([C@@H](Cc2c[nH]c3ccccc23)NC(=O)[C@@H](N)CCCCN)n1Cc1ccc(OC)cc1. The predicted molar refractivity (Wildman–Crippen MR) is 255 cm³/mol. The van der Waals surface area contributed by atoms with Crippen LogP contribution in [0, 0.1) is 17.8 Å². The lowest BCUT2D eigenvalue weighted by Crippen LogP contribution is -2.49. The standard InChI is InChI=1S/C50H66N10O6/c1-30(2)23-38(48(62)57-44(24-31(3)4)50(64)66-6)47(61)55-42(25-33-27-53-40-16-9-7-13-36(33)40)45-58-59-46(60(45)29-32-18-20-35(65-5)21-19-32)43(56-49(63)39(52)15-11-12-22-51)26-34-28-54-41-17-10-8-14-37(34)41/h7-10,13-14,16-21,27-28,30-31,38-39,42-44,53-54H,11-12,15,22-26,29,51-52H2,1-6H3,(H,55,61)(H,56,63)(H,57,62)/t38?,39-,42+,43+,44-/m0/s1. The van der Waals surface area contributed by atoms with Crippen molar-refractivity contribution in [1.82, 2.24) is 40.7 Å². The number of hydrogen-bond donors (Lipinski definition) is 7. The Morgan fingerprint density at radius 2 is 1.23 bits per heavy atom. The summed E-state index contributed by atoms with van der Waals surface area (Å²) in [5.74, 6) is -1.66. The Hall–Kier alpha value is -6.52. The van der Waals surface area contributed by atoms with Crippen molar-refractivity contribution in [1.29, 1.82) is 0 Å². The number of rotatable bonds is 24. The van der Waals surface area contributed by atoms with E-state index in [1.165, 1.54) is 7.11 Å². The van der Waals surface area contributed by atoms with E-state index in [1.54, 1.807) is 7.11 Å². The van der Waals surface area contributed by atoms with E-state index in [4.69, 9.17) is 31.1 Å². The summed E-state index contributed by atoms with van der Waals surface area (Å²) in [5.41, 5.74) is 16.9. The molecule has 0 aliphatic carbocycles. The van der Waals surface area contributed by atoms with Gasteiger partial charge in [-0.05, 0) is 85.0 Å². The fraction of sp³-hybridized carbons (Fsp3) is 0.440. The van der Waals surface area contributed by atoms with Crippen LogP contribution in [0.15, 0.2) is 85.2 Å². The molecule has 0 aliphatic heterocycles. The second kappa shape index (κ2) is 23.1. The van der Waals surface area contributed by atoms with Crippen LogP contribution in [-0.2, 0) is 43.3 Å². The number of carbonyl (C=O) groups is 4. The van der Waals surface area contributed by atoms with Gasteiger partial charge in [0.25, 0.3) is 0 Å². The summed E-state index contributed by atoms with van der Waals surface area (Å²) in [6, 6.07) is 20.2. The maximum Gasteiger partial charge on any atom is 0.328 e. The van der Waals surface area contributed by atoms with Crippen molar-refractivity contribution in [3.8, 4) is 5.75 Å². The third-order valence-corrected chi connectivity index (χ3v) is 11.9. The zero-order valence-electron chi connectivity index (χ0n) is 38.9. The number of benzene rings is 3. The number of ether oxygens (including phenoxy) is 2. The molecule has 6 rings (SSSR count). The van der Waals surface area contributed by atoms with Crippen molar-refractivity contribution < 1.29 is 28.7 Å². The van der Waals surface area contributed by atoms with Crippen LogP contribution in [0.25, 0.3) is 21.8 Å². The van der Waals surface area contributed by atoms with Gasteiger partial charge in [0.2, 0.25) is 17.7 Å². The Bertz CT molecular complexity index is 2540. The van der Waals surface area contributed by atoms with Crippen molar-refractivity contribution in [3.63, 3.8) is 0 Å². The molecule has 3 heterocycles. The molecule has 0 saturated carbocycles. The monoisotopic (exact) mass is 903 g/mol. The molecule has 3 aromatic heterocycles. The van der Waals surface area contributed by atoms with Crippen molar-refractivity contribution >= 4 is 45.5 Å². The van der Waals surface area contributed by atoms with Crippen molar-refractivity contribution in [2.24, 2.45) is 29.2 Å². The first-order chi connectivity index (χ1) is 31.8. The topological polar surface area (TPSA) is 237 Å². The Balaban J connectivity index is 1.47. The number of aromatic amines is 2. The first-order valence-corrected chi connectivity index (χ1v) is 22.9. The van der Waals surface area contributed by atoms with Gasteiger partial charge in [-0.2, -0.15) is 0 Å². The predicted octanol–water partition coefficient (Wildman–Crippen LogP) is 5.92. The number of nitrogens with two attached hydrogens (primary N) is 2. The summed E-state index contributed by atoms with van der Waals surface area (Å²) in [7, 11) is 2.88. The van der Waals surface area contributed by atoms with E-state index in [0.29, 0.717) is 49.6 Å². The maximum atomic E-state index is 14.8. The third kappa shape index (κ3) is 12.4. The fourth-order valence-corrected chi connectivity index (χ4v) is 8.47. The van der Waals surface area contributed by atoms with Gasteiger partial charge in [-0.1, -0.05) is 82.6 Å². The number of nitrogens with one attached hydrogen (secondary N) is 5. The number of aromatic nitrogens is 5. The lowest BCUT2D eigenvalue weighted by molar-refractivity contribution is -0.147. The first kappa shape index (κ1) is 48.9. The molecule has 0 spiro atoms. The minimum absolute atomic E-state index is 0.0545. The Kier molecular flexibility index (Phi) is 17.1. The van der Waals surface area contributed by atoms with Crippen LogP contribution in [0.4, 0.5) is 0 Å². The molecule has 16 nitrogen and oxygen atoms in total.